The number of hydrogen-bond donors (Lipinski definition) is 1. The van der Waals surface area contributed by atoms with Crippen molar-refractivity contribution in [2.75, 3.05) is 25.6 Å². The van der Waals surface area contributed by atoms with E-state index in [1.807, 2.05) is 6.07 Å². The Hall–Kier alpha value is -1.09. The molecule has 96 valence electrons. The highest BCUT2D eigenvalue weighted by molar-refractivity contribution is 7.98. The van der Waals surface area contributed by atoms with E-state index >= 15 is 0 Å². The minimum absolute atomic E-state index is 0.0805. The van der Waals surface area contributed by atoms with Crippen LogP contribution in [0.25, 0.3) is 0 Å². The predicted octanol–water partition coefficient (Wildman–Crippen LogP) is 1.94. The Kier molecular flexibility index (Phi) is 4.23. The van der Waals surface area contributed by atoms with Gasteiger partial charge in [-0.25, -0.2) is 4.39 Å². The fraction of sp³-hybridized carbons (Fsp3) is 0.462. The molecule has 1 aromatic carbocycles. The third-order valence-corrected chi connectivity index (χ3v) is 4.33. The summed E-state index contributed by atoms with van der Waals surface area (Å²) in [6.07, 6.45) is 0. The van der Waals surface area contributed by atoms with E-state index in [1.54, 1.807) is 23.9 Å². The van der Waals surface area contributed by atoms with Crippen LogP contribution in [0, 0.1) is 22.6 Å². The van der Waals surface area contributed by atoms with E-state index in [0.717, 1.165) is 11.3 Å². The Morgan fingerprint density at radius 3 is 2.83 bits per heavy atom. The molecule has 1 N–H and O–H groups in total. The summed E-state index contributed by atoms with van der Waals surface area (Å²) in [6.45, 7) is 1.33. The maximum atomic E-state index is 13.1. The molecule has 0 spiro atoms. The minimum Gasteiger partial charge on any atom is -0.396 e. The molecule has 1 heterocycles. The standard InChI is InChI=1S/C13H14FNO2S/c14-12-2-1-10(3-11(12)4-15)5-18-9-13(6-16)7-17-8-13/h1-3,16H,5-9H2. The van der Waals surface area contributed by atoms with Crippen LogP contribution in [0.15, 0.2) is 18.2 Å². The first-order valence-electron chi connectivity index (χ1n) is 5.64. The van der Waals surface area contributed by atoms with Crippen LogP contribution in [0.5, 0.6) is 0 Å². The highest BCUT2D eigenvalue weighted by Crippen LogP contribution is 2.32. The van der Waals surface area contributed by atoms with Crippen LogP contribution < -0.4 is 0 Å². The Bertz CT molecular complexity index is 463. The van der Waals surface area contributed by atoms with Crippen LogP contribution in [-0.4, -0.2) is 30.7 Å². The van der Waals surface area contributed by atoms with Gasteiger partial charge in [-0.05, 0) is 17.7 Å². The summed E-state index contributed by atoms with van der Waals surface area (Å²) in [7, 11) is 0. The minimum atomic E-state index is -0.481. The lowest BCUT2D eigenvalue weighted by atomic mass is 9.90. The molecule has 0 aliphatic carbocycles. The Morgan fingerprint density at radius 1 is 1.50 bits per heavy atom. The van der Waals surface area contributed by atoms with E-state index in [4.69, 9.17) is 10.00 Å². The molecule has 18 heavy (non-hydrogen) atoms. The molecule has 0 bridgehead atoms. The summed E-state index contributed by atoms with van der Waals surface area (Å²) < 4.78 is 18.2. The van der Waals surface area contributed by atoms with Crippen LogP contribution in [0.3, 0.4) is 0 Å². The zero-order valence-corrected chi connectivity index (χ0v) is 10.7. The third kappa shape index (κ3) is 2.83. The number of rotatable bonds is 5. The van der Waals surface area contributed by atoms with Gasteiger partial charge in [0.1, 0.15) is 11.9 Å². The van der Waals surface area contributed by atoms with E-state index in [-0.39, 0.29) is 17.6 Å². The molecule has 1 saturated heterocycles. The second kappa shape index (κ2) is 5.70. The SMILES string of the molecule is N#Cc1cc(CSCC2(CO)COC2)ccc1F. The Balaban J connectivity index is 1.89. The van der Waals surface area contributed by atoms with Crippen molar-refractivity contribution in [3.63, 3.8) is 0 Å². The molecule has 2 rings (SSSR count). The first kappa shape index (κ1) is 13.3. The number of aliphatic hydroxyl groups is 1. The number of benzene rings is 1. The van der Waals surface area contributed by atoms with Gasteiger partial charge in [-0.1, -0.05) is 6.07 Å². The molecule has 0 atom stereocenters. The molecule has 0 unspecified atom stereocenters. The normalized spacial score (nSPS) is 16.9. The fourth-order valence-corrected chi connectivity index (χ4v) is 2.95. The number of hydrogen-bond acceptors (Lipinski definition) is 4. The maximum Gasteiger partial charge on any atom is 0.140 e. The average molecular weight is 267 g/mol. The lowest BCUT2D eigenvalue weighted by Crippen LogP contribution is -2.47. The monoisotopic (exact) mass is 267 g/mol. The smallest absolute Gasteiger partial charge is 0.140 e. The molecule has 1 fully saturated rings. The average Bonchev–Trinajstić information content (AvgIpc) is 2.34. The first-order chi connectivity index (χ1) is 8.69. The van der Waals surface area contributed by atoms with Crippen molar-refractivity contribution in [2.45, 2.75) is 5.75 Å². The molecule has 3 nitrogen and oxygen atoms in total. The Morgan fingerprint density at radius 2 is 2.28 bits per heavy atom. The lowest BCUT2D eigenvalue weighted by molar-refractivity contribution is -0.121. The number of aliphatic hydroxyl groups excluding tert-OH is 1. The van der Waals surface area contributed by atoms with Gasteiger partial charge in [0, 0.05) is 16.9 Å². The van der Waals surface area contributed by atoms with E-state index in [9.17, 15) is 9.50 Å². The van der Waals surface area contributed by atoms with E-state index in [2.05, 4.69) is 0 Å². The van der Waals surface area contributed by atoms with Crippen molar-refractivity contribution >= 4 is 11.8 Å². The summed E-state index contributed by atoms with van der Waals surface area (Å²) >= 11 is 1.67. The largest absolute Gasteiger partial charge is 0.396 e. The summed E-state index contributed by atoms with van der Waals surface area (Å²) in [5.74, 6) is 1.03. The number of nitriles is 1. The number of ether oxygens (including phenoxy) is 1. The van der Waals surface area contributed by atoms with Crippen LogP contribution in [0.1, 0.15) is 11.1 Å². The second-order valence-corrected chi connectivity index (χ2v) is 5.56. The molecule has 0 saturated carbocycles. The summed E-state index contributed by atoms with van der Waals surface area (Å²) in [4.78, 5) is 0. The molecule has 1 aliphatic heterocycles. The molecular formula is C13H14FNO2S. The Labute approximate surface area is 110 Å². The zero-order valence-electron chi connectivity index (χ0n) is 9.86. The number of halogens is 1. The van der Waals surface area contributed by atoms with Gasteiger partial charge in [0.25, 0.3) is 0 Å². The van der Waals surface area contributed by atoms with Gasteiger partial charge in [-0.3, -0.25) is 0 Å². The molecule has 0 aromatic heterocycles. The van der Waals surface area contributed by atoms with Crippen molar-refractivity contribution in [2.24, 2.45) is 5.41 Å². The van der Waals surface area contributed by atoms with Crippen molar-refractivity contribution in [1.29, 1.82) is 5.26 Å². The van der Waals surface area contributed by atoms with E-state index in [0.29, 0.717) is 19.0 Å². The van der Waals surface area contributed by atoms with Gasteiger partial charge in [0.15, 0.2) is 0 Å². The predicted molar refractivity (Wildman–Crippen MR) is 67.6 cm³/mol. The van der Waals surface area contributed by atoms with E-state index in [1.165, 1.54) is 6.07 Å². The van der Waals surface area contributed by atoms with Gasteiger partial charge < -0.3 is 9.84 Å². The van der Waals surface area contributed by atoms with Crippen molar-refractivity contribution in [1.82, 2.24) is 0 Å². The van der Waals surface area contributed by atoms with Crippen LogP contribution in [0.4, 0.5) is 4.39 Å². The van der Waals surface area contributed by atoms with Gasteiger partial charge in [0.05, 0.1) is 25.4 Å². The zero-order chi connectivity index (χ0) is 13.0. The van der Waals surface area contributed by atoms with Crippen LogP contribution >= 0.6 is 11.8 Å². The van der Waals surface area contributed by atoms with Crippen molar-refractivity contribution in [3.05, 3.63) is 35.1 Å². The molecule has 1 aliphatic rings. The second-order valence-electron chi connectivity index (χ2n) is 4.57. The van der Waals surface area contributed by atoms with Gasteiger partial charge in [-0.2, -0.15) is 17.0 Å². The summed E-state index contributed by atoms with van der Waals surface area (Å²) in [5.41, 5.74) is 0.895. The molecule has 1 aromatic rings. The van der Waals surface area contributed by atoms with Crippen molar-refractivity contribution < 1.29 is 14.2 Å². The van der Waals surface area contributed by atoms with Crippen molar-refractivity contribution in [3.8, 4) is 6.07 Å². The lowest BCUT2D eigenvalue weighted by Gasteiger charge is -2.39. The highest BCUT2D eigenvalue weighted by Gasteiger charge is 2.37. The van der Waals surface area contributed by atoms with Gasteiger partial charge in [-0.15, -0.1) is 0 Å². The molecular weight excluding hydrogens is 253 g/mol. The summed E-state index contributed by atoms with van der Waals surface area (Å²) in [6, 6.07) is 6.41. The fourth-order valence-electron chi connectivity index (χ4n) is 1.74. The van der Waals surface area contributed by atoms with Crippen LogP contribution in [-0.2, 0) is 10.5 Å². The van der Waals surface area contributed by atoms with Gasteiger partial charge >= 0.3 is 0 Å². The number of nitrogens with zero attached hydrogens (tertiary/aromatic N) is 1. The molecule has 0 radical (unpaired) electrons. The van der Waals surface area contributed by atoms with Crippen LogP contribution in [0.2, 0.25) is 0 Å². The van der Waals surface area contributed by atoms with Gasteiger partial charge in [0.2, 0.25) is 0 Å². The maximum absolute atomic E-state index is 13.1. The topological polar surface area (TPSA) is 53.2 Å². The number of thioether (sulfide) groups is 1. The first-order valence-corrected chi connectivity index (χ1v) is 6.79. The van der Waals surface area contributed by atoms with E-state index < -0.39 is 5.82 Å². The highest BCUT2D eigenvalue weighted by atomic mass is 32.2. The molecule has 0 amide bonds. The quantitative estimate of drug-likeness (QED) is 0.886. The summed E-state index contributed by atoms with van der Waals surface area (Å²) in [5, 5.41) is 18.0. The molecule has 5 heteroatoms. The third-order valence-electron chi connectivity index (χ3n) is 2.98.